The molecule has 1 amide bonds. The van der Waals surface area contributed by atoms with Gasteiger partial charge in [-0.05, 0) is 67.1 Å². The van der Waals surface area contributed by atoms with Gasteiger partial charge in [-0.25, -0.2) is 0 Å². The van der Waals surface area contributed by atoms with Crippen molar-refractivity contribution >= 4 is 40.0 Å². The number of aromatic nitrogens is 1. The number of piperidine rings is 1. The van der Waals surface area contributed by atoms with Crippen LogP contribution in [0, 0.1) is 25.7 Å². The van der Waals surface area contributed by atoms with E-state index in [9.17, 15) is 9.90 Å². The molecule has 174 valence electrons. The predicted molar refractivity (Wildman–Crippen MR) is 137 cm³/mol. The van der Waals surface area contributed by atoms with E-state index in [2.05, 4.69) is 43.2 Å². The number of aryl methyl sites for hydroxylation is 3. The van der Waals surface area contributed by atoms with Crippen molar-refractivity contribution in [1.29, 1.82) is 0 Å². The molecule has 4 rings (SSSR count). The molecule has 1 fully saturated rings. The van der Waals surface area contributed by atoms with E-state index in [1.165, 1.54) is 22.0 Å². The van der Waals surface area contributed by atoms with Crippen molar-refractivity contribution in [3.05, 3.63) is 80.7 Å². The van der Waals surface area contributed by atoms with E-state index in [1.54, 1.807) is 12.1 Å². The number of hydrogen-bond acceptors (Lipinski definition) is 2. The zero-order valence-electron chi connectivity index (χ0n) is 19.6. The van der Waals surface area contributed by atoms with Crippen LogP contribution >= 0.6 is 23.2 Å². The van der Waals surface area contributed by atoms with Crippen molar-refractivity contribution < 1.29 is 9.90 Å². The number of allylic oxidation sites excluding steroid dienone is 1. The summed E-state index contributed by atoms with van der Waals surface area (Å²) in [7, 11) is 2.05. The van der Waals surface area contributed by atoms with Crippen LogP contribution in [0.15, 0.2) is 42.7 Å². The van der Waals surface area contributed by atoms with Gasteiger partial charge < -0.3 is 14.6 Å². The number of carbonyl (C=O) groups excluding carboxylic acids is 1. The van der Waals surface area contributed by atoms with Gasteiger partial charge in [0.25, 0.3) is 5.91 Å². The van der Waals surface area contributed by atoms with Gasteiger partial charge in [0, 0.05) is 54.1 Å². The lowest BCUT2D eigenvalue weighted by Crippen LogP contribution is -2.43. The minimum absolute atomic E-state index is 0.0175. The number of hydrogen-bond donors (Lipinski definition) is 1. The molecule has 0 saturated carbocycles. The van der Waals surface area contributed by atoms with E-state index in [4.69, 9.17) is 23.2 Å². The Labute approximate surface area is 205 Å². The molecule has 2 aromatic carbocycles. The van der Waals surface area contributed by atoms with Crippen LogP contribution in [0.4, 0.5) is 0 Å². The molecule has 0 bridgehead atoms. The average molecular weight is 485 g/mol. The van der Waals surface area contributed by atoms with Crippen molar-refractivity contribution in [2.24, 2.45) is 18.9 Å². The maximum atomic E-state index is 13.4. The fourth-order valence-electron chi connectivity index (χ4n) is 5.11. The van der Waals surface area contributed by atoms with Gasteiger partial charge in [-0.1, -0.05) is 42.8 Å². The number of amides is 1. The van der Waals surface area contributed by atoms with Gasteiger partial charge in [0.1, 0.15) is 0 Å². The first kappa shape index (κ1) is 23.7. The van der Waals surface area contributed by atoms with Gasteiger partial charge >= 0.3 is 0 Å². The number of benzene rings is 2. The summed E-state index contributed by atoms with van der Waals surface area (Å²) in [5.74, 6) is 0.245. The van der Waals surface area contributed by atoms with Gasteiger partial charge in [-0.2, -0.15) is 0 Å². The Balaban J connectivity index is 1.65. The number of aliphatic hydroxyl groups is 1. The highest BCUT2D eigenvalue weighted by atomic mass is 35.5. The highest BCUT2D eigenvalue weighted by Gasteiger charge is 2.32. The average Bonchev–Trinajstić information content (AvgIpc) is 3.06. The molecule has 0 spiro atoms. The number of nitrogens with zero attached hydrogens (tertiary/aromatic N) is 2. The Bertz CT molecular complexity index is 1260. The summed E-state index contributed by atoms with van der Waals surface area (Å²) >= 11 is 13.4. The van der Waals surface area contributed by atoms with Crippen LogP contribution in [0.25, 0.3) is 10.9 Å². The molecule has 1 aliphatic heterocycles. The molecular formula is C27H30Cl2N2O2. The normalized spacial score (nSPS) is 18.7. The Kier molecular flexibility index (Phi) is 6.52. The number of fused-ring (bicyclic) bond motifs is 1. The van der Waals surface area contributed by atoms with Crippen LogP contribution in [0.3, 0.4) is 0 Å². The SMILES string of the molecule is C=C(O)[C@H]1CCN(C(=O)c2ccc(Cl)c(Cc3cc4c(C)cc(C)cc4n3C)c2Cl)C[C@@H]1C. The molecule has 0 aliphatic carbocycles. The molecule has 0 radical (unpaired) electrons. The van der Waals surface area contributed by atoms with E-state index in [-0.39, 0.29) is 23.5 Å². The Morgan fingerprint density at radius 1 is 1.21 bits per heavy atom. The number of carbonyl (C=O) groups is 1. The molecule has 6 heteroatoms. The predicted octanol–water partition coefficient (Wildman–Crippen LogP) is 6.86. The van der Waals surface area contributed by atoms with E-state index < -0.39 is 0 Å². The topological polar surface area (TPSA) is 45.5 Å². The van der Waals surface area contributed by atoms with E-state index >= 15 is 0 Å². The Morgan fingerprint density at radius 3 is 2.61 bits per heavy atom. The molecule has 3 aromatic rings. The molecule has 1 N–H and O–H groups in total. The third-order valence-electron chi connectivity index (χ3n) is 7.01. The first-order valence-corrected chi connectivity index (χ1v) is 12.0. The second kappa shape index (κ2) is 9.08. The molecule has 4 nitrogen and oxygen atoms in total. The van der Waals surface area contributed by atoms with Gasteiger partial charge in [-0.3, -0.25) is 4.79 Å². The second-order valence-electron chi connectivity index (χ2n) is 9.39. The van der Waals surface area contributed by atoms with Crippen molar-refractivity contribution in [3.63, 3.8) is 0 Å². The van der Waals surface area contributed by atoms with Gasteiger partial charge in [-0.15, -0.1) is 0 Å². The Morgan fingerprint density at radius 2 is 1.94 bits per heavy atom. The Hall–Kier alpha value is -2.43. The number of halogens is 2. The summed E-state index contributed by atoms with van der Waals surface area (Å²) in [4.78, 5) is 15.2. The molecular weight excluding hydrogens is 455 g/mol. The zero-order valence-corrected chi connectivity index (χ0v) is 21.1. The number of rotatable bonds is 4. The number of aliphatic hydroxyl groups excluding tert-OH is 1. The minimum Gasteiger partial charge on any atom is -0.513 e. The fraction of sp³-hybridized carbons (Fsp3) is 0.370. The zero-order chi connectivity index (χ0) is 24.0. The standard InChI is InChI=1S/C27H30Cl2N2O2/c1-15-10-16(2)22-12-19(30(5)25(22)11-15)13-23-24(28)7-6-21(26(23)29)27(33)31-9-8-20(18(4)32)17(3)14-31/h6-7,10-12,17,20,32H,4,8-9,13-14H2,1-3,5H3/t17-,20-/m0/s1. The quantitative estimate of drug-likeness (QED) is 0.410. The largest absolute Gasteiger partial charge is 0.513 e. The lowest BCUT2D eigenvalue weighted by atomic mass is 9.85. The molecule has 1 aliphatic rings. The van der Waals surface area contributed by atoms with Crippen molar-refractivity contribution in [1.82, 2.24) is 9.47 Å². The minimum atomic E-state index is -0.102. The summed E-state index contributed by atoms with van der Waals surface area (Å²) in [6.45, 7) is 11.0. The van der Waals surface area contributed by atoms with Gasteiger partial charge in [0.2, 0.25) is 0 Å². The van der Waals surface area contributed by atoms with E-state index in [1.807, 2.05) is 18.9 Å². The summed E-state index contributed by atoms with van der Waals surface area (Å²) in [6, 6.07) is 10.0. The van der Waals surface area contributed by atoms with Gasteiger partial charge in [0.15, 0.2) is 0 Å². The summed E-state index contributed by atoms with van der Waals surface area (Å²) in [5.41, 5.74) is 5.94. The highest BCUT2D eigenvalue weighted by Crippen LogP contribution is 2.34. The maximum absolute atomic E-state index is 13.4. The molecule has 0 unspecified atom stereocenters. The molecule has 2 heterocycles. The molecule has 1 aromatic heterocycles. The summed E-state index contributed by atoms with van der Waals surface area (Å²) < 4.78 is 2.17. The third kappa shape index (κ3) is 4.39. The first-order chi connectivity index (χ1) is 15.6. The number of likely N-dealkylation sites (tertiary alicyclic amines) is 1. The van der Waals surface area contributed by atoms with Crippen molar-refractivity contribution in [2.75, 3.05) is 13.1 Å². The fourth-order valence-corrected chi connectivity index (χ4v) is 5.70. The monoisotopic (exact) mass is 484 g/mol. The van der Waals surface area contributed by atoms with Crippen LogP contribution in [0.2, 0.25) is 10.0 Å². The van der Waals surface area contributed by atoms with Crippen LogP contribution in [0.1, 0.15) is 46.1 Å². The van der Waals surface area contributed by atoms with E-state index in [0.29, 0.717) is 41.5 Å². The van der Waals surface area contributed by atoms with E-state index in [0.717, 1.165) is 11.3 Å². The highest BCUT2D eigenvalue weighted by molar-refractivity contribution is 6.38. The van der Waals surface area contributed by atoms with Crippen LogP contribution < -0.4 is 0 Å². The summed E-state index contributed by atoms with van der Waals surface area (Å²) in [5, 5.41) is 12.0. The van der Waals surface area contributed by atoms with Crippen LogP contribution in [0.5, 0.6) is 0 Å². The summed E-state index contributed by atoms with van der Waals surface area (Å²) in [6.07, 6.45) is 1.22. The van der Waals surface area contributed by atoms with Crippen molar-refractivity contribution in [2.45, 2.75) is 33.6 Å². The molecule has 2 atom stereocenters. The molecule has 1 saturated heterocycles. The lowest BCUT2D eigenvalue weighted by molar-refractivity contribution is 0.0606. The van der Waals surface area contributed by atoms with Crippen molar-refractivity contribution in [3.8, 4) is 0 Å². The van der Waals surface area contributed by atoms with Crippen LogP contribution in [-0.4, -0.2) is 33.6 Å². The van der Waals surface area contributed by atoms with Crippen LogP contribution in [-0.2, 0) is 13.5 Å². The lowest BCUT2D eigenvalue weighted by Gasteiger charge is -2.36. The first-order valence-electron chi connectivity index (χ1n) is 11.3. The second-order valence-corrected chi connectivity index (χ2v) is 10.2. The third-order valence-corrected chi connectivity index (χ3v) is 7.79. The smallest absolute Gasteiger partial charge is 0.255 e. The van der Waals surface area contributed by atoms with Gasteiger partial charge in [0.05, 0.1) is 16.3 Å². The maximum Gasteiger partial charge on any atom is 0.255 e. The molecule has 33 heavy (non-hydrogen) atoms.